The van der Waals surface area contributed by atoms with Gasteiger partial charge in [-0.2, -0.15) is 4.39 Å². The number of fused-ring (bicyclic) bond motifs is 1. The van der Waals surface area contributed by atoms with Gasteiger partial charge in [-0.15, -0.1) is 11.3 Å². The number of amides is 1. The minimum atomic E-state index is -1.08. The van der Waals surface area contributed by atoms with Gasteiger partial charge in [0.15, 0.2) is 17.3 Å². The molecule has 2 heterocycles. The van der Waals surface area contributed by atoms with Crippen LogP contribution in [-0.4, -0.2) is 10.9 Å². The lowest BCUT2D eigenvalue weighted by Gasteiger charge is -2.08. The standard InChI is InChI=1S/C15H10F2N2O2S/c1-7-12-10(21-9-4-2-3-8(16)13(9)17)5-19-6-11(12)22-14(7)15(18)20/h2-6H,1H3,(H2,18,20). The molecule has 4 nitrogen and oxygen atoms in total. The third kappa shape index (κ3) is 2.29. The van der Waals surface area contributed by atoms with Crippen LogP contribution in [-0.2, 0) is 0 Å². The Balaban J connectivity index is 2.15. The van der Waals surface area contributed by atoms with E-state index >= 15 is 0 Å². The number of pyridine rings is 1. The summed E-state index contributed by atoms with van der Waals surface area (Å²) in [6, 6.07) is 3.66. The molecule has 0 aliphatic rings. The second kappa shape index (κ2) is 5.34. The highest BCUT2D eigenvalue weighted by Gasteiger charge is 2.18. The minimum Gasteiger partial charge on any atom is -0.452 e. The molecule has 0 radical (unpaired) electrons. The van der Waals surface area contributed by atoms with E-state index < -0.39 is 17.5 Å². The van der Waals surface area contributed by atoms with Gasteiger partial charge in [-0.1, -0.05) is 6.07 Å². The number of aromatic nitrogens is 1. The fourth-order valence-electron chi connectivity index (χ4n) is 2.16. The molecule has 0 atom stereocenters. The summed E-state index contributed by atoms with van der Waals surface area (Å²) in [4.78, 5) is 15.8. The van der Waals surface area contributed by atoms with Gasteiger partial charge in [0.25, 0.3) is 5.91 Å². The zero-order valence-corrected chi connectivity index (χ0v) is 12.2. The third-order valence-electron chi connectivity index (χ3n) is 3.16. The zero-order chi connectivity index (χ0) is 15.9. The van der Waals surface area contributed by atoms with Crippen molar-refractivity contribution in [3.05, 3.63) is 52.7 Å². The van der Waals surface area contributed by atoms with E-state index in [-0.39, 0.29) is 11.5 Å². The van der Waals surface area contributed by atoms with Crippen molar-refractivity contribution in [3.8, 4) is 11.5 Å². The number of nitrogens with zero attached hydrogens (tertiary/aromatic N) is 1. The van der Waals surface area contributed by atoms with Crippen LogP contribution in [0.25, 0.3) is 10.1 Å². The molecule has 2 N–H and O–H groups in total. The molecule has 1 aromatic carbocycles. The largest absolute Gasteiger partial charge is 0.452 e. The Labute approximate surface area is 128 Å². The number of carbonyl (C=O) groups is 1. The number of hydrogen-bond donors (Lipinski definition) is 1. The summed E-state index contributed by atoms with van der Waals surface area (Å²) in [7, 11) is 0. The van der Waals surface area contributed by atoms with Crippen molar-refractivity contribution in [3.63, 3.8) is 0 Å². The van der Waals surface area contributed by atoms with Crippen LogP contribution < -0.4 is 10.5 Å². The van der Waals surface area contributed by atoms with Crippen LogP contribution in [0.1, 0.15) is 15.2 Å². The fourth-order valence-corrected chi connectivity index (χ4v) is 3.21. The van der Waals surface area contributed by atoms with Crippen LogP contribution in [0.5, 0.6) is 11.5 Å². The number of ether oxygens (including phenoxy) is 1. The van der Waals surface area contributed by atoms with E-state index in [0.29, 0.717) is 20.5 Å². The predicted octanol–water partition coefficient (Wildman–Crippen LogP) is 3.77. The molecule has 7 heteroatoms. The van der Waals surface area contributed by atoms with E-state index in [9.17, 15) is 13.6 Å². The van der Waals surface area contributed by atoms with E-state index in [0.717, 1.165) is 6.07 Å². The van der Waals surface area contributed by atoms with Gasteiger partial charge in [0.2, 0.25) is 5.82 Å². The molecule has 1 amide bonds. The summed E-state index contributed by atoms with van der Waals surface area (Å²) < 4.78 is 33.1. The van der Waals surface area contributed by atoms with E-state index in [1.165, 1.54) is 29.7 Å². The van der Waals surface area contributed by atoms with Crippen molar-refractivity contribution in [2.45, 2.75) is 6.92 Å². The van der Waals surface area contributed by atoms with Crippen molar-refractivity contribution in [2.24, 2.45) is 5.73 Å². The Morgan fingerprint density at radius 3 is 2.77 bits per heavy atom. The number of aryl methyl sites for hydroxylation is 1. The first-order valence-corrected chi connectivity index (χ1v) is 7.09. The first-order valence-electron chi connectivity index (χ1n) is 6.28. The summed E-state index contributed by atoms with van der Waals surface area (Å²) in [5.41, 5.74) is 5.95. The van der Waals surface area contributed by atoms with Crippen molar-refractivity contribution in [1.82, 2.24) is 4.98 Å². The smallest absolute Gasteiger partial charge is 0.259 e. The number of nitrogens with two attached hydrogens (primary N) is 1. The second-order valence-electron chi connectivity index (χ2n) is 4.59. The summed E-state index contributed by atoms with van der Waals surface area (Å²) >= 11 is 1.18. The van der Waals surface area contributed by atoms with Crippen LogP contribution in [0.4, 0.5) is 8.78 Å². The van der Waals surface area contributed by atoms with Crippen LogP contribution in [0.15, 0.2) is 30.6 Å². The highest BCUT2D eigenvalue weighted by atomic mass is 32.1. The average Bonchev–Trinajstić information content (AvgIpc) is 2.82. The third-order valence-corrected chi connectivity index (χ3v) is 4.40. The molecule has 0 unspecified atom stereocenters. The fraction of sp³-hybridized carbons (Fsp3) is 0.0667. The lowest BCUT2D eigenvalue weighted by molar-refractivity contribution is 0.100. The maximum Gasteiger partial charge on any atom is 0.259 e. The molecule has 3 rings (SSSR count). The summed E-state index contributed by atoms with van der Waals surface area (Å²) in [5, 5.41) is 0.609. The minimum absolute atomic E-state index is 0.239. The molecular formula is C15H10F2N2O2S. The molecule has 0 aliphatic heterocycles. The monoisotopic (exact) mass is 320 g/mol. The van der Waals surface area contributed by atoms with E-state index in [4.69, 9.17) is 10.5 Å². The maximum atomic E-state index is 13.7. The van der Waals surface area contributed by atoms with Crippen molar-refractivity contribution >= 4 is 27.3 Å². The topological polar surface area (TPSA) is 65.2 Å². The molecule has 2 aromatic heterocycles. The molecule has 0 saturated heterocycles. The first kappa shape index (κ1) is 14.4. The number of benzene rings is 1. The highest BCUT2D eigenvalue weighted by molar-refractivity contribution is 7.21. The van der Waals surface area contributed by atoms with Gasteiger partial charge in [-0.3, -0.25) is 9.78 Å². The summed E-state index contributed by atoms with van der Waals surface area (Å²) in [5.74, 6) is -2.65. The zero-order valence-electron chi connectivity index (χ0n) is 11.4. The maximum absolute atomic E-state index is 13.7. The molecular weight excluding hydrogens is 310 g/mol. The Morgan fingerprint density at radius 1 is 1.27 bits per heavy atom. The van der Waals surface area contributed by atoms with Crippen LogP contribution in [0, 0.1) is 18.6 Å². The highest BCUT2D eigenvalue weighted by Crippen LogP contribution is 2.38. The Bertz CT molecular complexity index is 893. The molecule has 0 fully saturated rings. The van der Waals surface area contributed by atoms with Gasteiger partial charge < -0.3 is 10.5 Å². The molecule has 22 heavy (non-hydrogen) atoms. The lowest BCUT2D eigenvalue weighted by atomic mass is 10.1. The van der Waals surface area contributed by atoms with Gasteiger partial charge in [0.1, 0.15) is 0 Å². The normalized spacial score (nSPS) is 10.9. The second-order valence-corrected chi connectivity index (χ2v) is 5.64. The van der Waals surface area contributed by atoms with E-state index in [2.05, 4.69) is 4.98 Å². The van der Waals surface area contributed by atoms with Crippen molar-refractivity contribution in [2.75, 3.05) is 0 Å². The molecule has 0 spiro atoms. The Hall–Kier alpha value is -2.54. The van der Waals surface area contributed by atoms with Crippen LogP contribution in [0.2, 0.25) is 0 Å². The average molecular weight is 320 g/mol. The number of halogens is 2. The summed E-state index contributed by atoms with van der Waals surface area (Å²) in [6.45, 7) is 1.72. The molecule has 0 saturated carbocycles. The van der Waals surface area contributed by atoms with Gasteiger partial charge in [-0.25, -0.2) is 4.39 Å². The van der Waals surface area contributed by atoms with Crippen molar-refractivity contribution in [1.29, 1.82) is 0 Å². The lowest BCUT2D eigenvalue weighted by Crippen LogP contribution is -2.09. The van der Waals surface area contributed by atoms with Gasteiger partial charge in [0, 0.05) is 11.6 Å². The SMILES string of the molecule is Cc1c(C(N)=O)sc2cncc(Oc3cccc(F)c3F)c12. The molecule has 3 aromatic rings. The van der Waals surface area contributed by atoms with Crippen molar-refractivity contribution < 1.29 is 18.3 Å². The number of rotatable bonds is 3. The molecule has 0 aliphatic carbocycles. The van der Waals surface area contributed by atoms with E-state index in [1.807, 2.05) is 0 Å². The first-order chi connectivity index (χ1) is 10.5. The molecule has 0 bridgehead atoms. The number of thiophene rings is 1. The summed E-state index contributed by atoms with van der Waals surface area (Å²) in [6.07, 6.45) is 2.95. The number of primary amides is 1. The quantitative estimate of drug-likeness (QED) is 0.799. The van der Waals surface area contributed by atoms with E-state index in [1.54, 1.807) is 13.1 Å². The predicted molar refractivity (Wildman–Crippen MR) is 79.3 cm³/mol. The molecule has 112 valence electrons. The number of hydrogen-bond acceptors (Lipinski definition) is 4. The Morgan fingerprint density at radius 2 is 2.05 bits per heavy atom. The van der Waals surface area contributed by atoms with Crippen LogP contribution in [0.3, 0.4) is 0 Å². The Kier molecular flexibility index (Phi) is 3.50. The van der Waals surface area contributed by atoms with Gasteiger partial charge >= 0.3 is 0 Å². The number of carbonyl (C=O) groups excluding carboxylic acids is 1. The van der Waals surface area contributed by atoms with Crippen LogP contribution >= 0.6 is 11.3 Å². The van der Waals surface area contributed by atoms with Gasteiger partial charge in [0.05, 0.1) is 15.8 Å². The van der Waals surface area contributed by atoms with Gasteiger partial charge in [-0.05, 0) is 24.6 Å².